The van der Waals surface area contributed by atoms with Gasteiger partial charge < -0.3 is 5.73 Å². The summed E-state index contributed by atoms with van der Waals surface area (Å²) in [4.78, 5) is 3.83. The van der Waals surface area contributed by atoms with Gasteiger partial charge >= 0.3 is 0 Å². The molecule has 18 heavy (non-hydrogen) atoms. The molecule has 0 saturated carbocycles. The second-order valence-corrected chi connectivity index (χ2v) is 7.99. The van der Waals surface area contributed by atoms with E-state index in [1.807, 2.05) is 6.07 Å². The number of hydrogen-bond acceptors (Lipinski definition) is 3. The zero-order valence-electron chi connectivity index (χ0n) is 11.4. The van der Waals surface area contributed by atoms with E-state index in [0.717, 1.165) is 23.3 Å². The molecule has 2 atom stereocenters. The Balaban J connectivity index is 2.07. The molecule has 1 aliphatic rings. The third-order valence-corrected chi connectivity index (χ3v) is 5.36. The lowest BCUT2D eigenvalue weighted by molar-refractivity contribution is 0.199. The Labute approximate surface area is 119 Å². The number of thiophene rings is 1. The van der Waals surface area contributed by atoms with Crippen molar-refractivity contribution in [3.63, 3.8) is 0 Å². The van der Waals surface area contributed by atoms with E-state index in [4.69, 9.17) is 17.3 Å². The molecule has 2 heterocycles. The van der Waals surface area contributed by atoms with Crippen molar-refractivity contribution in [1.29, 1.82) is 0 Å². The third kappa shape index (κ3) is 3.08. The first kappa shape index (κ1) is 14.3. The quantitative estimate of drug-likeness (QED) is 0.916. The minimum Gasteiger partial charge on any atom is -0.329 e. The molecule has 0 aliphatic carbocycles. The van der Waals surface area contributed by atoms with E-state index >= 15 is 0 Å². The van der Waals surface area contributed by atoms with Crippen molar-refractivity contribution in [2.45, 2.75) is 33.2 Å². The zero-order valence-corrected chi connectivity index (χ0v) is 13.0. The summed E-state index contributed by atoms with van der Waals surface area (Å²) in [6.07, 6.45) is 1.28. The maximum Gasteiger partial charge on any atom is 0.0931 e. The van der Waals surface area contributed by atoms with E-state index in [1.165, 1.54) is 11.3 Å². The maximum atomic E-state index is 6.03. The first-order valence-corrected chi connectivity index (χ1v) is 7.80. The van der Waals surface area contributed by atoms with Gasteiger partial charge in [0.1, 0.15) is 0 Å². The van der Waals surface area contributed by atoms with Crippen LogP contribution in [0.4, 0.5) is 0 Å². The van der Waals surface area contributed by atoms with Crippen molar-refractivity contribution >= 4 is 22.9 Å². The average Bonchev–Trinajstić information content (AvgIpc) is 2.88. The van der Waals surface area contributed by atoms with E-state index in [-0.39, 0.29) is 0 Å². The summed E-state index contributed by atoms with van der Waals surface area (Å²) in [5.74, 6) is 0.766. The van der Waals surface area contributed by atoms with Crippen LogP contribution in [0.25, 0.3) is 0 Å². The van der Waals surface area contributed by atoms with Crippen LogP contribution in [0.1, 0.15) is 38.1 Å². The SMILES string of the molecule is CC(C)(C)C1CCN(C(CN)c2ccc(Cl)s2)C1. The van der Waals surface area contributed by atoms with E-state index in [0.29, 0.717) is 18.0 Å². The molecule has 0 radical (unpaired) electrons. The summed E-state index contributed by atoms with van der Waals surface area (Å²) in [5.41, 5.74) is 6.36. The lowest BCUT2D eigenvalue weighted by Gasteiger charge is -2.30. The number of halogens is 1. The molecule has 4 heteroatoms. The highest BCUT2D eigenvalue weighted by Gasteiger charge is 2.35. The Hall–Kier alpha value is -0.0900. The third-order valence-electron chi connectivity index (χ3n) is 4.03. The Kier molecular flexibility index (Phi) is 4.37. The van der Waals surface area contributed by atoms with Gasteiger partial charge in [-0.1, -0.05) is 32.4 Å². The molecule has 0 spiro atoms. The fourth-order valence-electron chi connectivity index (χ4n) is 2.73. The molecule has 0 aromatic carbocycles. The van der Waals surface area contributed by atoms with E-state index in [1.54, 1.807) is 11.3 Å². The van der Waals surface area contributed by atoms with Crippen LogP contribution in [-0.2, 0) is 0 Å². The summed E-state index contributed by atoms with van der Waals surface area (Å²) in [5, 5.41) is 0. The van der Waals surface area contributed by atoms with E-state index in [9.17, 15) is 0 Å². The van der Waals surface area contributed by atoms with Gasteiger partial charge in [0.05, 0.1) is 10.4 Å². The Morgan fingerprint density at radius 2 is 2.22 bits per heavy atom. The molecule has 2 rings (SSSR count). The van der Waals surface area contributed by atoms with Crippen LogP contribution in [0.2, 0.25) is 4.34 Å². The number of rotatable bonds is 3. The predicted molar refractivity (Wildman–Crippen MR) is 80.3 cm³/mol. The number of hydrogen-bond donors (Lipinski definition) is 1. The van der Waals surface area contributed by atoms with Crippen molar-refractivity contribution in [3.8, 4) is 0 Å². The minimum absolute atomic E-state index is 0.342. The van der Waals surface area contributed by atoms with Crippen LogP contribution in [-0.4, -0.2) is 24.5 Å². The van der Waals surface area contributed by atoms with Gasteiger partial charge in [-0.3, -0.25) is 4.90 Å². The Morgan fingerprint density at radius 3 is 2.67 bits per heavy atom. The first-order valence-electron chi connectivity index (χ1n) is 6.61. The molecule has 1 saturated heterocycles. The predicted octanol–water partition coefficient (Wildman–Crippen LogP) is 3.77. The fraction of sp³-hybridized carbons (Fsp3) is 0.714. The summed E-state index contributed by atoms with van der Waals surface area (Å²) < 4.78 is 0.856. The molecular weight excluding hydrogens is 264 g/mol. The van der Waals surface area contributed by atoms with Gasteiger partial charge in [0.25, 0.3) is 0 Å². The second-order valence-electron chi connectivity index (χ2n) is 6.24. The molecule has 1 aliphatic heterocycles. The van der Waals surface area contributed by atoms with E-state index < -0.39 is 0 Å². The summed E-state index contributed by atoms with van der Waals surface area (Å²) >= 11 is 7.69. The first-order chi connectivity index (χ1) is 8.41. The molecule has 1 fully saturated rings. The van der Waals surface area contributed by atoms with Gasteiger partial charge in [-0.2, -0.15) is 0 Å². The summed E-state index contributed by atoms with van der Waals surface area (Å²) in [6, 6.07) is 4.44. The highest BCUT2D eigenvalue weighted by atomic mass is 35.5. The van der Waals surface area contributed by atoms with Crippen molar-refractivity contribution in [2.24, 2.45) is 17.1 Å². The summed E-state index contributed by atoms with van der Waals surface area (Å²) in [7, 11) is 0. The Morgan fingerprint density at radius 1 is 1.50 bits per heavy atom. The smallest absolute Gasteiger partial charge is 0.0931 e. The van der Waals surface area contributed by atoms with Crippen molar-refractivity contribution in [3.05, 3.63) is 21.3 Å². The number of likely N-dealkylation sites (tertiary alicyclic amines) is 1. The number of nitrogens with two attached hydrogens (primary N) is 1. The van der Waals surface area contributed by atoms with Crippen molar-refractivity contribution < 1.29 is 0 Å². The van der Waals surface area contributed by atoms with Crippen molar-refractivity contribution in [2.75, 3.05) is 19.6 Å². The van der Waals surface area contributed by atoms with Gasteiger partial charge in [-0.05, 0) is 36.4 Å². The monoisotopic (exact) mass is 286 g/mol. The highest BCUT2D eigenvalue weighted by molar-refractivity contribution is 7.16. The van der Waals surface area contributed by atoms with Crippen LogP contribution in [0.5, 0.6) is 0 Å². The van der Waals surface area contributed by atoms with Gasteiger partial charge in [0, 0.05) is 18.0 Å². The molecule has 102 valence electrons. The largest absolute Gasteiger partial charge is 0.329 e. The van der Waals surface area contributed by atoms with Crippen LogP contribution in [0.3, 0.4) is 0 Å². The second kappa shape index (κ2) is 5.49. The molecule has 0 amide bonds. The topological polar surface area (TPSA) is 29.3 Å². The molecule has 0 bridgehead atoms. The molecule has 2 unspecified atom stereocenters. The fourth-order valence-corrected chi connectivity index (χ4v) is 3.94. The van der Waals surface area contributed by atoms with Crippen LogP contribution in [0.15, 0.2) is 12.1 Å². The molecule has 2 nitrogen and oxygen atoms in total. The van der Waals surface area contributed by atoms with Gasteiger partial charge in [0.15, 0.2) is 0 Å². The standard InChI is InChI=1S/C14H23ClN2S/c1-14(2,3)10-6-7-17(9-10)11(8-16)12-4-5-13(15)18-12/h4-5,10-11H,6-9,16H2,1-3H3. The van der Waals surface area contributed by atoms with Gasteiger partial charge in [-0.25, -0.2) is 0 Å². The molecule has 1 aromatic rings. The lowest BCUT2D eigenvalue weighted by atomic mass is 9.80. The zero-order chi connectivity index (χ0) is 13.3. The van der Waals surface area contributed by atoms with Crippen LogP contribution >= 0.6 is 22.9 Å². The highest BCUT2D eigenvalue weighted by Crippen LogP contribution is 2.38. The maximum absolute atomic E-state index is 6.03. The minimum atomic E-state index is 0.342. The summed E-state index contributed by atoms with van der Waals surface area (Å²) in [6.45, 7) is 9.98. The van der Waals surface area contributed by atoms with Crippen molar-refractivity contribution in [1.82, 2.24) is 4.90 Å². The normalized spacial score (nSPS) is 23.5. The van der Waals surface area contributed by atoms with E-state index in [2.05, 4.69) is 31.7 Å². The lowest BCUT2D eigenvalue weighted by Crippen LogP contribution is -2.33. The van der Waals surface area contributed by atoms with Gasteiger partial charge in [-0.15, -0.1) is 11.3 Å². The molecular formula is C14H23ClN2S. The molecule has 1 aromatic heterocycles. The number of nitrogens with zero attached hydrogens (tertiary/aromatic N) is 1. The van der Waals surface area contributed by atoms with Crippen LogP contribution in [0, 0.1) is 11.3 Å². The van der Waals surface area contributed by atoms with Crippen LogP contribution < -0.4 is 5.73 Å². The molecule has 2 N–H and O–H groups in total. The van der Waals surface area contributed by atoms with Gasteiger partial charge in [0.2, 0.25) is 0 Å². The Bertz CT molecular complexity index is 397. The average molecular weight is 287 g/mol.